The highest BCUT2D eigenvalue weighted by Gasteiger charge is 2.30. The molecule has 11 heavy (non-hydrogen) atoms. The van der Waals surface area contributed by atoms with Gasteiger partial charge in [0.1, 0.15) is 0 Å². The monoisotopic (exact) mass is 180 g/mol. The number of halogens is 1. The lowest BCUT2D eigenvalue weighted by Crippen LogP contribution is -2.38. The first kappa shape index (κ1) is 11.2. The highest BCUT2D eigenvalue weighted by molar-refractivity contribution is 6.18. The molecule has 0 aromatic heterocycles. The lowest BCUT2D eigenvalue weighted by Gasteiger charge is -2.31. The predicted octanol–water partition coefficient (Wildman–Crippen LogP) is 1.24. The van der Waals surface area contributed by atoms with E-state index in [0.717, 1.165) is 0 Å². The van der Waals surface area contributed by atoms with Crippen molar-refractivity contribution in [2.45, 2.75) is 26.9 Å². The largest absolute Gasteiger partial charge is 0.396 e. The first-order valence-electron chi connectivity index (χ1n) is 3.80. The van der Waals surface area contributed by atoms with E-state index in [1.54, 1.807) is 0 Å². The maximum absolute atomic E-state index is 9.60. The van der Waals surface area contributed by atoms with Crippen LogP contribution in [0.15, 0.2) is 0 Å². The SMILES string of the molecule is C[C@H](CCl)[C@H](O)C(C)(C)CO. The van der Waals surface area contributed by atoms with Crippen LogP contribution in [0.25, 0.3) is 0 Å². The Bertz CT molecular complexity index is 115. The Kier molecular flexibility index (Phi) is 4.37. The molecular formula is C8H17ClO2. The summed E-state index contributed by atoms with van der Waals surface area (Å²) in [5.41, 5.74) is -0.450. The van der Waals surface area contributed by atoms with E-state index in [2.05, 4.69) is 0 Å². The summed E-state index contributed by atoms with van der Waals surface area (Å²) in [7, 11) is 0. The van der Waals surface area contributed by atoms with E-state index in [-0.39, 0.29) is 12.5 Å². The second kappa shape index (κ2) is 4.29. The van der Waals surface area contributed by atoms with Gasteiger partial charge in [0, 0.05) is 11.3 Å². The van der Waals surface area contributed by atoms with Gasteiger partial charge in [0.15, 0.2) is 0 Å². The summed E-state index contributed by atoms with van der Waals surface area (Å²) in [6.07, 6.45) is -0.537. The van der Waals surface area contributed by atoms with Gasteiger partial charge in [-0.05, 0) is 5.92 Å². The van der Waals surface area contributed by atoms with Crippen LogP contribution in [-0.2, 0) is 0 Å². The zero-order valence-corrected chi connectivity index (χ0v) is 8.10. The lowest BCUT2D eigenvalue weighted by atomic mass is 9.81. The fourth-order valence-corrected chi connectivity index (χ4v) is 1.12. The predicted molar refractivity (Wildman–Crippen MR) is 46.8 cm³/mol. The van der Waals surface area contributed by atoms with E-state index in [9.17, 15) is 5.11 Å². The molecule has 0 aliphatic carbocycles. The maximum Gasteiger partial charge on any atom is 0.0649 e. The normalized spacial score (nSPS) is 18.0. The van der Waals surface area contributed by atoms with Crippen LogP contribution in [0, 0.1) is 11.3 Å². The molecule has 2 nitrogen and oxygen atoms in total. The van der Waals surface area contributed by atoms with Gasteiger partial charge in [0.05, 0.1) is 12.7 Å². The standard InChI is InChI=1S/C8H17ClO2/c1-6(4-9)7(11)8(2,3)5-10/h6-7,10-11H,4-5H2,1-3H3/t6-,7+/m1/s1. The van der Waals surface area contributed by atoms with Gasteiger partial charge in [-0.2, -0.15) is 0 Å². The molecule has 0 rings (SSSR count). The van der Waals surface area contributed by atoms with Crippen LogP contribution in [-0.4, -0.2) is 28.8 Å². The van der Waals surface area contributed by atoms with Crippen LogP contribution in [0.1, 0.15) is 20.8 Å². The third-order valence-electron chi connectivity index (χ3n) is 1.99. The van der Waals surface area contributed by atoms with Crippen molar-refractivity contribution in [1.82, 2.24) is 0 Å². The second-order valence-corrected chi connectivity index (χ2v) is 4.03. The summed E-state index contributed by atoms with van der Waals surface area (Å²) < 4.78 is 0. The molecule has 0 aliphatic heterocycles. The summed E-state index contributed by atoms with van der Waals surface area (Å²) >= 11 is 5.57. The lowest BCUT2D eigenvalue weighted by molar-refractivity contribution is -0.0195. The first-order chi connectivity index (χ1) is 4.95. The summed E-state index contributed by atoms with van der Waals surface area (Å²) in [5.74, 6) is 0.448. The van der Waals surface area contributed by atoms with Crippen molar-refractivity contribution in [1.29, 1.82) is 0 Å². The van der Waals surface area contributed by atoms with Crippen molar-refractivity contribution in [3.05, 3.63) is 0 Å². The van der Waals surface area contributed by atoms with Crippen LogP contribution >= 0.6 is 11.6 Å². The zero-order chi connectivity index (χ0) is 9.07. The van der Waals surface area contributed by atoms with Crippen molar-refractivity contribution in [2.75, 3.05) is 12.5 Å². The molecule has 0 aromatic rings. The third kappa shape index (κ3) is 2.97. The molecule has 0 radical (unpaired) electrons. The van der Waals surface area contributed by atoms with Gasteiger partial charge in [-0.1, -0.05) is 20.8 Å². The molecule has 2 atom stereocenters. The Labute approximate surface area is 73.2 Å². The van der Waals surface area contributed by atoms with Crippen molar-refractivity contribution >= 4 is 11.6 Å². The Morgan fingerprint density at radius 3 is 2.18 bits per heavy atom. The molecular weight excluding hydrogens is 164 g/mol. The molecule has 2 N–H and O–H groups in total. The molecule has 0 spiro atoms. The average molecular weight is 181 g/mol. The second-order valence-electron chi connectivity index (χ2n) is 3.72. The third-order valence-corrected chi connectivity index (χ3v) is 2.48. The highest BCUT2D eigenvalue weighted by Crippen LogP contribution is 2.25. The molecule has 0 saturated heterocycles. The molecule has 0 aromatic carbocycles. The van der Waals surface area contributed by atoms with Crippen LogP contribution in [0.3, 0.4) is 0 Å². The van der Waals surface area contributed by atoms with E-state index in [4.69, 9.17) is 16.7 Å². The Hall–Kier alpha value is 0.210. The zero-order valence-electron chi connectivity index (χ0n) is 7.34. The van der Waals surface area contributed by atoms with E-state index in [0.29, 0.717) is 5.88 Å². The van der Waals surface area contributed by atoms with E-state index >= 15 is 0 Å². The maximum atomic E-state index is 9.60. The van der Waals surface area contributed by atoms with Crippen molar-refractivity contribution < 1.29 is 10.2 Å². The topological polar surface area (TPSA) is 40.5 Å². The van der Waals surface area contributed by atoms with Crippen molar-refractivity contribution in [3.8, 4) is 0 Å². The molecule has 0 amide bonds. The Morgan fingerprint density at radius 1 is 1.45 bits per heavy atom. The molecule has 0 unspecified atom stereocenters. The summed E-state index contributed by atoms with van der Waals surface area (Å²) in [4.78, 5) is 0. The van der Waals surface area contributed by atoms with Gasteiger partial charge in [-0.15, -0.1) is 11.6 Å². The minimum atomic E-state index is -0.537. The fourth-order valence-electron chi connectivity index (χ4n) is 0.948. The van der Waals surface area contributed by atoms with Gasteiger partial charge < -0.3 is 10.2 Å². The highest BCUT2D eigenvalue weighted by atomic mass is 35.5. The summed E-state index contributed by atoms with van der Waals surface area (Å²) in [6, 6.07) is 0. The Morgan fingerprint density at radius 2 is 1.91 bits per heavy atom. The molecule has 0 saturated carbocycles. The molecule has 0 aliphatic rings. The molecule has 0 fully saturated rings. The van der Waals surface area contributed by atoms with E-state index < -0.39 is 11.5 Å². The molecule has 3 heteroatoms. The van der Waals surface area contributed by atoms with Crippen LogP contribution in [0.2, 0.25) is 0 Å². The van der Waals surface area contributed by atoms with Gasteiger partial charge in [0.2, 0.25) is 0 Å². The van der Waals surface area contributed by atoms with Crippen LogP contribution in [0.5, 0.6) is 0 Å². The minimum absolute atomic E-state index is 0.0185. The van der Waals surface area contributed by atoms with Crippen molar-refractivity contribution in [3.63, 3.8) is 0 Å². The number of alkyl halides is 1. The van der Waals surface area contributed by atoms with Crippen LogP contribution in [0.4, 0.5) is 0 Å². The van der Waals surface area contributed by atoms with E-state index in [1.165, 1.54) is 0 Å². The minimum Gasteiger partial charge on any atom is -0.396 e. The average Bonchev–Trinajstić information content (AvgIpc) is 2.01. The number of aliphatic hydroxyl groups excluding tert-OH is 2. The van der Waals surface area contributed by atoms with Gasteiger partial charge >= 0.3 is 0 Å². The Balaban J connectivity index is 4.10. The number of hydrogen-bond donors (Lipinski definition) is 2. The van der Waals surface area contributed by atoms with Crippen molar-refractivity contribution in [2.24, 2.45) is 11.3 Å². The van der Waals surface area contributed by atoms with E-state index in [1.807, 2.05) is 20.8 Å². The molecule has 0 bridgehead atoms. The van der Waals surface area contributed by atoms with Crippen LogP contribution < -0.4 is 0 Å². The van der Waals surface area contributed by atoms with Gasteiger partial charge in [0.25, 0.3) is 0 Å². The summed E-state index contributed by atoms with van der Waals surface area (Å²) in [5, 5.41) is 18.5. The smallest absolute Gasteiger partial charge is 0.0649 e. The molecule has 0 heterocycles. The number of hydrogen-bond acceptors (Lipinski definition) is 2. The van der Waals surface area contributed by atoms with Gasteiger partial charge in [-0.25, -0.2) is 0 Å². The molecule has 68 valence electrons. The fraction of sp³-hybridized carbons (Fsp3) is 1.00. The number of aliphatic hydroxyl groups is 2. The van der Waals surface area contributed by atoms with Gasteiger partial charge in [-0.3, -0.25) is 0 Å². The number of rotatable bonds is 4. The first-order valence-corrected chi connectivity index (χ1v) is 4.34. The quantitative estimate of drug-likeness (QED) is 0.640. The summed E-state index contributed by atoms with van der Waals surface area (Å²) in [6.45, 7) is 5.49.